The van der Waals surface area contributed by atoms with Crippen LogP contribution in [0.25, 0.3) is 0 Å². The summed E-state index contributed by atoms with van der Waals surface area (Å²) in [6, 6.07) is 4.78. The highest BCUT2D eigenvalue weighted by atomic mass is 79.9. The minimum atomic E-state index is -0.613. The lowest BCUT2D eigenvalue weighted by Crippen LogP contribution is -2.47. The lowest BCUT2D eigenvalue weighted by Gasteiger charge is -2.18. The number of hydrogen-bond acceptors (Lipinski definition) is 4. The van der Waals surface area contributed by atoms with Crippen LogP contribution in [0, 0.1) is 5.92 Å². The van der Waals surface area contributed by atoms with E-state index in [-0.39, 0.29) is 30.3 Å². The second-order valence-corrected chi connectivity index (χ2v) is 6.53. The summed E-state index contributed by atoms with van der Waals surface area (Å²) in [5.74, 6) is 0.152. The Kier molecular flexibility index (Phi) is 7.51. The second-order valence-electron chi connectivity index (χ2n) is 5.67. The van der Waals surface area contributed by atoms with Gasteiger partial charge in [0, 0.05) is 0 Å². The third-order valence-electron chi connectivity index (χ3n) is 3.50. The Morgan fingerprint density at radius 1 is 1.30 bits per heavy atom. The molecule has 1 aromatic carbocycles. The smallest absolute Gasteiger partial charge is 0.239 e. The zero-order valence-corrected chi connectivity index (χ0v) is 15.4. The summed E-state index contributed by atoms with van der Waals surface area (Å²) < 4.78 is 5.99. The maximum absolute atomic E-state index is 11.9. The molecule has 0 saturated heterocycles. The predicted molar refractivity (Wildman–Crippen MR) is 93.1 cm³/mol. The summed E-state index contributed by atoms with van der Waals surface area (Å²) in [4.78, 5) is 23.7. The van der Waals surface area contributed by atoms with E-state index in [0.29, 0.717) is 0 Å². The van der Waals surface area contributed by atoms with Crippen molar-refractivity contribution in [1.29, 1.82) is 0 Å². The Morgan fingerprint density at radius 2 is 1.96 bits per heavy atom. The van der Waals surface area contributed by atoms with Gasteiger partial charge in [-0.25, -0.2) is 0 Å². The molecule has 7 heteroatoms. The van der Waals surface area contributed by atoms with Gasteiger partial charge in [-0.15, -0.1) is 0 Å². The van der Waals surface area contributed by atoms with E-state index in [1.165, 1.54) is 0 Å². The second kappa shape index (κ2) is 8.88. The average Bonchev–Trinajstić information content (AvgIpc) is 2.51. The highest BCUT2D eigenvalue weighted by Crippen LogP contribution is 2.27. The van der Waals surface area contributed by atoms with E-state index in [4.69, 9.17) is 10.5 Å². The van der Waals surface area contributed by atoms with Gasteiger partial charge in [0.05, 0.1) is 30.2 Å². The van der Waals surface area contributed by atoms with Crippen LogP contribution in [0.3, 0.4) is 0 Å². The number of ether oxygens (including phenoxy) is 1. The topological polar surface area (TPSA) is 93.5 Å². The number of methoxy groups -OCH3 is 1. The number of carbonyl (C=O) groups excluding carboxylic acids is 2. The molecule has 0 aromatic heterocycles. The molecule has 1 unspecified atom stereocenters. The highest BCUT2D eigenvalue weighted by Gasteiger charge is 2.18. The monoisotopic (exact) mass is 385 g/mol. The number of amides is 2. The summed E-state index contributed by atoms with van der Waals surface area (Å²) in [6.07, 6.45) is 0. The van der Waals surface area contributed by atoms with Gasteiger partial charge in [0.15, 0.2) is 0 Å². The van der Waals surface area contributed by atoms with Gasteiger partial charge in [0.25, 0.3) is 0 Å². The third-order valence-corrected chi connectivity index (χ3v) is 4.12. The van der Waals surface area contributed by atoms with E-state index in [0.717, 1.165) is 15.8 Å². The molecule has 2 atom stereocenters. The van der Waals surface area contributed by atoms with Gasteiger partial charge in [-0.3, -0.25) is 9.59 Å². The number of nitrogens with two attached hydrogens (primary N) is 1. The quantitative estimate of drug-likeness (QED) is 0.666. The van der Waals surface area contributed by atoms with E-state index in [2.05, 4.69) is 26.6 Å². The molecule has 0 aliphatic carbocycles. The van der Waals surface area contributed by atoms with Crippen LogP contribution in [0.1, 0.15) is 32.4 Å². The Labute approximate surface area is 145 Å². The molecule has 0 fully saturated rings. The summed E-state index contributed by atoms with van der Waals surface area (Å²) in [5.41, 5.74) is 6.65. The molecule has 1 rings (SSSR count). The van der Waals surface area contributed by atoms with Crippen molar-refractivity contribution in [2.24, 2.45) is 11.7 Å². The van der Waals surface area contributed by atoms with Crippen LogP contribution < -0.4 is 21.1 Å². The van der Waals surface area contributed by atoms with E-state index in [1.54, 1.807) is 7.11 Å². The van der Waals surface area contributed by atoms with Crippen molar-refractivity contribution in [2.75, 3.05) is 13.7 Å². The number of benzene rings is 1. The van der Waals surface area contributed by atoms with Crippen molar-refractivity contribution in [3.05, 3.63) is 28.2 Å². The molecular formula is C16H24BrN3O3. The van der Waals surface area contributed by atoms with Crippen LogP contribution in [0.5, 0.6) is 5.75 Å². The number of carbonyl (C=O) groups is 2. The van der Waals surface area contributed by atoms with Crippen LogP contribution in [0.4, 0.5) is 0 Å². The first kappa shape index (κ1) is 19.4. The number of hydrogen-bond donors (Lipinski definition) is 3. The van der Waals surface area contributed by atoms with Gasteiger partial charge in [-0.1, -0.05) is 19.9 Å². The molecule has 0 aliphatic heterocycles. The van der Waals surface area contributed by atoms with E-state index in [9.17, 15) is 9.59 Å². The lowest BCUT2D eigenvalue weighted by molar-refractivity contribution is -0.127. The van der Waals surface area contributed by atoms with Crippen molar-refractivity contribution in [3.63, 3.8) is 0 Å². The molecule has 23 heavy (non-hydrogen) atoms. The summed E-state index contributed by atoms with van der Waals surface area (Å²) in [7, 11) is 1.59. The number of halogens is 1. The largest absolute Gasteiger partial charge is 0.496 e. The van der Waals surface area contributed by atoms with Gasteiger partial charge in [0.1, 0.15) is 5.75 Å². The lowest BCUT2D eigenvalue weighted by atomic mass is 10.1. The third kappa shape index (κ3) is 5.84. The maximum atomic E-state index is 11.9. The fourth-order valence-electron chi connectivity index (χ4n) is 1.92. The average molecular weight is 386 g/mol. The fourth-order valence-corrected chi connectivity index (χ4v) is 2.47. The van der Waals surface area contributed by atoms with Crippen molar-refractivity contribution in [3.8, 4) is 5.75 Å². The van der Waals surface area contributed by atoms with Crippen molar-refractivity contribution in [2.45, 2.75) is 32.9 Å². The minimum Gasteiger partial charge on any atom is -0.496 e. The van der Waals surface area contributed by atoms with E-state index in [1.807, 2.05) is 39.0 Å². The first-order chi connectivity index (χ1) is 10.8. The SMILES string of the molecule is COc1ccc(C(C)NC(=O)CNC(=O)[C@@H](N)C(C)C)cc1Br. The summed E-state index contributed by atoms with van der Waals surface area (Å²) in [6.45, 7) is 5.48. The molecule has 128 valence electrons. The molecule has 0 heterocycles. The van der Waals surface area contributed by atoms with Crippen LogP contribution in [-0.4, -0.2) is 31.5 Å². The Hall–Kier alpha value is -1.60. The maximum Gasteiger partial charge on any atom is 0.239 e. The van der Waals surface area contributed by atoms with Crippen LogP contribution >= 0.6 is 15.9 Å². The Bertz CT molecular complexity index is 564. The van der Waals surface area contributed by atoms with Crippen LogP contribution in [0.15, 0.2) is 22.7 Å². The molecular weight excluding hydrogens is 362 g/mol. The molecule has 2 amide bonds. The highest BCUT2D eigenvalue weighted by molar-refractivity contribution is 9.10. The first-order valence-corrected chi connectivity index (χ1v) is 8.21. The van der Waals surface area contributed by atoms with Crippen LogP contribution in [-0.2, 0) is 9.59 Å². The molecule has 0 aliphatic rings. The van der Waals surface area contributed by atoms with Gasteiger partial charge in [-0.2, -0.15) is 0 Å². The molecule has 4 N–H and O–H groups in total. The first-order valence-electron chi connectivity index (χ1n) is 7.42. The van der Waals surface area contributed by atoms with Gasteiger partial charge >= 0.3 is 0 Å². The molecule has 0 bridgehead atoms. The Morgan fingerprint density at radius 3 is 2.48 bits per heavy atom. The zero-order chi connectivity index (χ0) is 17.6. The van der Waals surface area contributed by atoms with Crippen molar-refractivity contribution < 1.29 is 14.3 Å². The van der Waals surface area contributed by atoms with Crippen molar-refractivity contribution in [1.82, 2.24) is 10.6 Å². The molecule has 0 spiro atoms. The summed E-state index contributed by atoms with van der Waals surface area (Å²) in [5, 5.41) is 5.37. The van der Waals surface area contributed by atoms with Crippen molar-refractivity contribution >= 4 is 27.7 Å². The van der Waals surface area contributed by atoms with E-state index < -0.39 is 6.04 Å². The van der Waals surface area contributed by atoms with Gasteiger partial charge < -0.3 is 21.1 Å². The molecule has 6 nitrogen and oxygen atoms in total. The summed E-state index contributed by atoms with van der Waals surface area (Å²) >= 11 is 3.41. The van der Waals surface area contributed by atoms with Gasteiger partial charge in [0.2, 0.25) is 11.8 Å². The zero-order valence-electron chi connectivity index (χ0n) is 13.9. The molecule has 0 radical (unpaired) electrons. The van der Waals surface area contributed by atoms with E-state index >= 15 is 0 Å². The van der Waals surface area contributed by atoms with Gasteiger partial charge in [-0.05, 0) is 46.5 Å². The van der Waals surface area contributed by atoms with Crippen LogP contribution in [0.2, 0.25) is 0 Å². The Balaban J connectivity index is 2.54. The molecule has 1 aromatic rings. The number of nitrogens with one attached hydrogen (secondary N) is 2. The standard InChI is InChI=1S/C16H24BrN3O3/c1-9(2)15(18)16(22)19-8-14(21)20-10(3)11-5-6-13(23-4)12(17)7-11/h5-7,9-10,15H,8,18H2,1-4H3,(H,19,22)(H,20,21)/t10?,15-/m0/s1. The normalized spacial score (nSPS) is 13.3. The molecule has 0 saturated carbocycles. The fraction of sp³-hybridized carbons (Fsp3) is 0.500. The minimum absolute atomic E-state index is 0.0219. The number of rotatable bonds is 7. The predicted octanol–water partition coefficient (Wildman–Crippen LogP) is 1.73.